The minimum absolute atomic E-state index is 0.0283. The number of fused-ring (bicyclic) bond motifs is 1. The third-order valence-corrected chi connectivity index (χ3v) is 6.76. The first-order valence-corrected chi connectivity index (χ1v) is 11.3. The van der Waals surface area contributed by atoms with Crippen molar-refractivity contribution in [2.24, 2.45) is 0 Å². The number of hydrogen-bond acceptors (Lipinski definition) is 6. The van der Waals surface area contributed by atoms with Gasteiger partial charge in [-0.3, -0.25) is 14.3 Å². The topological polar surface area (TPSA) is 92.8 Å². The van der Waals surface area contributed by atoms with Crippen LogP contribution in [0.25, 0.3) is 0 Å². The van der Waals surface area contributed by atoms with E-state index in [-0.39, 0.29) is 22.5 Å². The number of Topliss-reactive ketones (excluding diaryl/α,β-unsaturated/α-hetero) is 2. The number of ether oxygens (including phenoxy) is 1. The number of anilines is 1. The summed E-state index contributed by atoms with van der Waals surface area (Å²) in [4.78, 5) is 27.8. The molecule has 1 heterocycles. The largest absolute Gasteiger partial charge is 0.497 e. The highest BCUT2D eigenvalue weighted by Gasteiger charge is 2.41. The monoisotopic (exact) mass is 426 g/mol. The number of piperidine rings is 1. The maximum absolute atomic E-state index is 13.3. The lowest BCUT2D eigenvalue weighted by atomic mass is 9.91. The first kappa shape index (κ1) is 20.2. The Hall–Kier alpha value is -3.13. The van der Waals surface area contributed by atoms with Crippen LogP contribution in [-0.4, -0.2) is 45.1 Å². The molecule has 0 radical (unpaired) electrons. The molecule has 0 aromatic heterocycles. The van der Waals surface area contributed by atoms with E-state index in [1.165, 1.54) is 13.2 Å². The van der Waals surface area contributed by atoms with Crippen molar-refractivity contribution in [1.29, 1.82) is 0 Å². The average Bonchev–Trinajstić information content (AvgIpc) is 2.77. The molecule has 8 heteroatoms. The number of nitrogens with zero attached hydrogens (tertiary/aromatic N) is 1. The Balaban J connectivity index is 1.82. The Bertz CT molecular complexity index is 1130. The van der Waals surface area contributed by atoms with Crippen LogP contribution in [0.5, 0.6) is 5.75 Å². The number of sulfonamides is 1. The second kappa shape index (κ2) is 7.95. The van der Waals surface area contributed by atoms with Crippen LogP contribution in [0.1, 0.15) is 40.0 Å². The minimum atomic E-state index is -4.30. The van der Waals surface area contributed by atoms with Crippen LogP contribution in [0.4, 0.5) is 5.69 Å². The molecule has 30 heavy (non-hydrogen) atoms. The lowest BCUT2D eigenvalue weighted by molar-refractivity contribution is 0.0939. The zero-order valence-corrected chi connectivity index (χ0v) is 17.4. The zero-order chi connectivity index (χ0) is 21.3. The van der Waals surface area contributed by atoms with Gasteiger partial charge in [0.1, 0.15) is 11.4 Å². The fraction of sp³-hybridized carbons (Fsp3) is 0.273. The number of benzene rings is 2. The van der Waals surface area contributed by atoms with Crippen molar-refractivity contribution in [3.63, 3.8) is 0 Å². The Kier molecular flexibility index (Phi) is 5.34. The summed E-state index contributed by atoms with van der Waals surface area (Å²) in [6, 6.07) is 12.7. The number of nitrogens with one attached hydrogen (secondary N) is 1. The molecule has 2 aromatic rings. The molecule has 7 nitrogen and oxygen atoms in total. The highest BCUT2D eigenvalue weighted by molar-refractivity contribution is 7.97. The molecule has 1 N–H and O–H groups in total. The molecule has 0 spiro atoms. The van der Waals surface area contributed by atoms with Crippen molar-refractivity contribution in [2.45, 2.75) is 19.3 Å². The van der Waals surface area contributed by atoms with Gasteiger partial charge in [-0.1, -0.05) is 24.3 Å². The van der Waals surface area contributed by atoms with Crippen LogP contribution in [0, 0.1) is 0 Å². The van der Waals surface area contributed by atoms with Crippen LogP contribution >= 0.6 is 0 Å². The van der Waals surface area contributed by atoms with Crippen LogP contribution in [-0.2, 0) is 10.0 Å². The Morgan fingerprint density at radius 3 is 2.07 bits per heavy atom. The van der Waals surface area contributed by atoms with Gasteiger partial charge in [-0.25, -0.2) is 8.42 Å². The molecule has 1 aliphatic carbocycles. The maximum Gasteiger partial charge on any atom is 0.268 e. The number of likely N-dealkylation sites (tertiary alicyclic amines) is 1. The summed E-state index contributed by atoms with van der Waals surface area (Å²) in [5, 5.41) is 0. The van der Waals surface area contributed by atoms with Gasteiger partial charge < -0.3 is 9.64 Å². The second-order valence-corrected chi connectivity index (χ2v) is 8.88. The van der Waals surface area contributed by atoms with Gasteiger partial charge in [0.2, 0.25) is 11.6 Å². The van der Waals surface area contributed by atoms with Gasteiger partial charge >= 0.3 is 0 Å². The molecular formula is C22H22N2O5S. The van der Waals surface area contributed by atoms with E-state index in [1.807, 2.05) is 0 Å². The summed E-state index contributed by atoms with van der Waals surface area (Å²) in [5.74, 6) is -0.516. The van der Waals surface area contributed by atoms with Gasteiger partial charge in [-0.2, -0.15) is 0 Å². The number of rotatable bonds is 5. The number of allylic oxidation sites excluding steroid dienone is 2. The molecular weight excluding hydrogens is 404 g/mol. The standard InChI is InChI=1S/C22H22N2O5S/c1-29-16-11-9-15(10-12-16)23-30(27,28)22-19(24-13-5-2-6-14-24)20(25)17-7-3-4-8-18(17)21(22)26/h3-4,7-12,23H,2,5-6,13-14H2,1H3. The second-order valence-electron chi connectivity index (χ2n) is 7.26. The van der Waals surface area contributed by atoms with Crippen molar-refractivity contribution in [3.8, 4) is 5.75 Å². The normalized spacial score (nSPS) is 17.0. The molecule has 1 fully saturated rings. The van der Waals surface area contributed by atoms with Crippen molar-refractivity contribution >= 4 is 27.3 Å². The van der Waals surface area contributed by atoms with E-state index < -0.39 is 26.5 Å². The third-order valence-electron chi connectivity index (χ3n) is 5.34. The summed E-state index contributed by atoms with van der Waals surface area (Å²) >= 11 is 0. The number of hydrogen-bond donors (Lipinski definition) is 1. The fourth-order valence-electron chi connectivity index (χ4n) is 3.86. The van der Waals surface area contributed by atoms with Gasteiger partial charge in [0, 0.05) is 29.9 Å². The van der Waals surface area contributed by atoms with Crippen LogP contribution in [0.2, 0.25) is 0 Å². The van der Waals surface area contributed by atoms with E-state index in [2.05, 4.69) is 4.72 Å². The molecule has 0 saturated carbocycles. The molecule has 156 valence electrons. The van der Waals surface area contributed by atoms with Gasteiger partial charge in [-0.05, 0) is 43.5 Å². The van der Waals surface area contributed by atoms with Crippen molar-refractivity contribution in [1.82, 2.24) is 4.90 Å². The molecule has 0 unspecified atom stereocenters. The number of carbonyl (C=O) groups excluding carboxylic acids is 2. The molecule has 4 rings (SSSR count). The minimum Gasteiger partial charge on any atom is -0.497 e. The van der Waals surface area contributed by atoms with Gasteiger partial charge in [0.15, 0.2) is 4.91 Å². The quantitative estimate of drug-likeness (QED) is 0.789. The lowest BCUT2D eigenvalue weighted by Gasteiger charge is -2.33. The van der Waals surface area contributed by atoms with Crippen molar-refractivity contribution < 1.29 is 22.7 Å². The Morgan fingerprint density at radius 2 is 1.47 bits per heavy atom. The smallest absolute Gasteiger partial charge is 0.268 e. The molecule has 2 aliphatic rings. The lowest BCUT2D eigenvalue weighted by Crippen LogP contribution is -2.40. The van der Waals surface area contributed by atoms with Crippen LogP contribution in [0.15, 0.2) is 59.1 Å². The van der Waals surface area contributed by atoms with Crippen molar-refractivity contribution in [2.75, 3.05) is 24.9 Å². The first-order valence-electron chi connectivity index (χ1n) is 9.77. The summed E-state index contributed by atoms with van der Waals surface area (Å²) in [5.41, 5.74) is 0.602. The zero-order valence-electron chi connectivity index (χ0n) is 16.6. The van der Waals surface area contributed by atoms with E-state index in [1.54, 1.807) is 47.4 Å². The highest BCUT2D eigenvalue weighted by atomic mass is 32.2. The van der Waals surface area contributed by atoms with Crippen LogP contribution < -0.4 is 9.46 Å². The third kappa shape index (κ3) is 3.59. The fourth-order valence-corrected chi connectivity index (χ4v) is 5.24. The Labute approximate surface area is 175 Å². The predicted molar refractivity (Wildman–Crippen MR) is 113 cm³/mol. The summed E-state index contributed by atoms with van der Waals surface area (Å²) in [6.45, 7) is 1.08. The SMILES string of the molecule is COc1ccc(NS(=O)(=O)C2=C(N3CCCCC3)C(=O)c3ccccc3C2=O)cc1. The van der Waals surface area contributed by atoms with E-state index in [0.717, 1.165) is 19.3 Å². The average molecular weight is 426 g/mol. The molecule has 0 amide bonds. The predicted octanol–water partition coefficient (Wildman–Crippen LogP) is 3.21. The molecule has 0 bridgehead atoms. The molecule has 0 atom stereocenters. The van der Waals surface area contributed by atoms with Gasteiger partial charge in [0.05, 0.1) is 7.11 Å². The number of ketones is 2. The van der Waals surface area contributed by atoms with E-state index >= 15 is 0 Å². The highest BCUT2D eigenvalue weighted by Crippen LogP contribution is 2.33. The number of carbonyl (C=O) groups is 2. The van der Waals surface area contributed by atoms with E-state index in [9.17, 15) is 18.0 Å². The summed E-state index contributed by atoms with van der Waals surface area (Å²) < 4.78 is 34.2. The first-order chi connectivity index (χ1) is 14.4. The Morgan fingerprint density at radius 1 is 0.867 bits per heavy atom. The number of methoxy groups -OCH3 is 1. The van der Waals surface area contributed by atoms with E-state index in [4.69, 9.17) is 4.74 Å². The molecule has 1 aliphatic heterocycles. The van der Waals surface area contributed by atoms with Gasteiger partial charge in [0.25, 0.3) is 10.0 Å². The maximum atomic E-state index is 13.3. The van der Waals surface area contributed by atoms with E-state index in [0.29, 0.717) is 18.8 Å². The van der Waals surface area contributed by atoms with Crippen LogP contribution in [0.3, 0.4) is 0 Å². The molecule has 2 aromatic carbocycles. The van der Waals surface area contributed by atoms with Gasteiger partial charge in [-0.15, -0.1) is 0 Å². The van der Waals surface area contributed by atoms with Crippen molar-refractivity contribution in [3.05, 3.63) is 70.3 Å². The molecule has 1 saturated heterocycles. The summed E-state index contributed by atoms with van der Waals surface area (Å²) in [6.07, 6.45) is 2.69. The summed E-state index contributed by atoms with van der Waals surface area (Å²) in [7, 11) is -2.79.